The van der Waals surface area contributed by atoms with Crippen LogP contribution in [0, 0.1) is 0 Å². The Morgan fingerprint density at radius 3 is 1.68 bits per heavy atom. The van der Waals surface area contributed by atoms with Gasteiger partial charge in [-0.3, -0.25) is 8.37 Å². The van der Waals surface area contributed by atoms with Crippen molar-refractivity contribution in [2.24, 2.45) is 0 Å². The molecule has 2 aromatic carbocycles. The van der Waals surface area contributed by atoms with Gasteiger partial charge < -0.3 is 0 Å². The van der Waals surface area contributed by atoms with E-state index in [4.69, 9.17) is 8.37 Å². The average molecular weight is 384 g/mol. The smallest absolute Gasteiger partial charge is 0.267 e. The molecule has 2 aromatic rings. The fourth-order valence-electron chi connectivity index (χ4n) is 2.11. The molecular formula is C17H20O6S2. The molecule has 0 saturated heterocycles. The van der Waals surface area contributed by atoms with Crippen LogP contribution in [0.25, 0.3) is 0 Å². The van der Waals surface area contributed by atoms with Gasteiger partial charge in [0.15, 0.2) is 0 Å². The highest BCUT2D eigenvalue weighted by atomic mass is 32.2. The predicted octanol–water partition coefficient (Wildman–Crippen LogP) is 2.47. The van der Waals surface area contributed by atoms with E-state index in [2.05, 4.69) is 0 Å². The minimum Gasteiger partial charge on any atom is -0.267 e. The van der Waals surface area contributed by atoms with Crippen molar-refractivity contribution >= 4 is 20.2 Å². The molecule has 0 saturated carbocycles. The van der Waals surface area contributed by atoms with E-state index in [-0.39, 0.29) is 18.1 Å². The second kappa shape index (κ2) is 8.57. The molecule has 8 heteroatoms. The number of hydrogen-bond acceptors (Lipinski definition) is 6. The summed E-state index contributed by atoms with van der Waals surface area (Å²) in [4.78, 5) is 0. The van der Waals surface area contributed by atoms with Crippen LogP contribution in [0.5, 0.6) is 0 Å². The van der Waals surface area contributed by atoms with Crippen LogP contribution in [-0.4, -0.2) is 29.5 Å². The topological polar surface area (TPSA) is 86.7 Å². The monoisotopic (exact) mass is 384 g/mol. The van der Waals surface area contributed by atoms with Crippen molar-refractivity contribution in [3.63, 3.8) is 0 Å². The van der Waals surface area contributed by atoms with Crippen LogP contribution in [0.15, 0.2) is 60.7 Å². The van der Waals surface area contributed by atoms with E-state index in [1.54, 1.807) is 60.7 Å². The fraction of sp³-hybridized carbons (Fsp3) is 0.294. The molecule has 1 atom stereocenters. The highest BCUT2D eigenvalue weighted by Gasteiger charge is 2.20. The lowest BCUT2D eigenvalue weighted by Gasteiger charge is -2.13. The summed E-state index contributed by atoms with van der Waals surface area (Å²) >= 11 is 0. The lowest BCUT2D eigenvalue weighted by Crippen LogP contribution is -2.24. The molecule has 2 rings (SSSR count). The largest absolute Gasteiger partial charge is 0.271 e. The molecule has 0 spiro atoms. The summed E-state index contributed by atoms with van der Waals surface area (Å²) in [6.07, 6.45) is -0.917. The normalized spacial score (nSPS) is 13.5. The Morgan fingerprint density at radius 2 is 1.20 bits per heavy atom. The van der Waals surface area contributed by atoms with E-state index < -0.39 is 26.3 Å². The highest BCUT2D eigenvalue weighted by Crippen LogP contribution is 2.12. The van der Waals surface area contributed by atoms with Gasteiger partial charge in [-0.15, -0.1) is 0 Å². The van der Waals surface area contributed by atoms with Gasteiger partial charge in [-0.25, -0.2) is 0 Å². The highest BCUT2D eigenvalue weighted by molar-refractivity contribution is 7.86. The zero-order chi connectivity index (χ0) is 18.3. The van der Waals surface area contributed by atoms with Gasteiger partial charge in [-0.1, -0.05) is 60.7 Å². The fourth-order valence-corrected chi connectivity index (χ4v) is 4.42. The number of hydrogen-bond donors (Lipinski definition) is 0. The summed E-state index contributed by atoms with van der Waals surface area (Å²) in [5.41, 5.74) is 1.18. The van der Waals surface area contributed by atoms with E-state index in [1.807, 2.05) is 0 Å². The summed E-state index contributed by atoms with van der Waals surface area (Å²) in [7, 11) is -7.65. The molecule has 136 valence electrons. The van der Waals surface area contributed by atoms with Crippen molar-refractivity contribution in [2.75, 3.05) is 6.61 Å². The molecule has 6 nitrogen and oxygen atoms in total. The van der Waals surface area contributed by atoms with Crippen molar-refractivity contribution in [1.82, 2.24) is 0 Å². The first kappa shape index (κ1) is 19.6. The number of benzene rings is 2. The third-order valence-corrected chi connectivity index (χ3v) is 5.66. The van der Waals surface area contributed by atoms with Crippen LogP contribution in [0.3, 0.4) is 0 Å². The molecule has 0 N–H and O–H groups in total. The Kier molecular flexibility index (Phi) is 6.71. The van der Waals surface area contributed by atoms with E-state index >= 15 is 0 Å². The summed E-state index contributed by atoms with van der Waals surface area (Å²) < 4.78 is 57.7. The minimum atomic E-state index is -3.84. The van der Waals surface area contributed by atoms with Crippen molar-refractivity contribution < 1.29 is 25.2 Å². The predicted molar refractivity (Wildman–Crippen MR) is 94.6 cm³/mol. The average Bonchev–Trinajstić information content (AvgIpc) is 2.54. The molecule has 25 heavy (non-hydrogen) atoms. The zero-order valence-electron chi connectivity index (χ0n) is 13.7. The van der Waals surface area contributed by atoms with Gasteiger partial charge >= 0.3 is 0 Å². The minimum absolute atomic E-state index is 0.280. The van der Waals surface area contributed by atoms with Gasteiger partial charge in [-0.2, -0.15) is 16.8 Å². The molecule has 0 aromatic heterocycles. The lowest BCUT2D eigenvalue weighted by atomic mass is 10.2. The second-order valence-corrected chi connectivity index (χ2v) is 8.80. The van der Waals surface area contributed by atoms with Crippen LogP contribution in [0.2, 0.25) is 0 Å². The first-order chi connectivity index (χ1) is 11.8. The third kappa shape index (κ3) is 7.35. The lowest BCUT2D eigenvalue weighted by molar-refractivity contribution is 0.152. The molecule has 0 aliphatic rings. The SMILES string of the molecule is C[C@@H](COS(=O)(=O)Cc1ccccc1)OS(=O)(=O)Cc1ccccc1. The molecule has 0 aliphatic heterocycles. The van der Waals surface area contributed by atoms with Gasteiger partial charge in [0, 0.05) is 0 Å². The maximum Gasteiger partial charge on any atom is 0.271 e. The van der Waals surface area contributed by atoms with E-state index in [0.29, 0.717) is 11.1 Å². The van der Waals surface area contributed by atoms with Gasteiger partial charge in [-0.05, 0) is 18.1 Å². The summed E-state index contributed by atoms with van der Waals surface area (Å²) in [5.74, 6) is -0.563. The Labute approximate surface area is 148 Å². The molecular weight excluding hydrogens is 364 g/mol. The summed E-state index contributed by atoms with van der Waals surface area (Å²) in [6, 6.07) is 17.2. The molecule has 0 aliphatic carbocycles. The molecule has 0 bridgehead atoms. The van der Waals surface area contributed by atoms with Crippen LogP contribution in [-0.2, 0) is 40.1 Å². The van der Waals surface area contributed by atoms with Gasteiger partial charge in [0.1, 0.15) is 11.5 Å². The van der Waals surface area contributed by atoms with Crippen molar-refractivity contribution in [2.45, 2.75) is 24.5 Å². The molecule has 0 unspecified atom stereocenters. The molecule has 0 amide bonds. The van der Waals surface area contributed by atoms with Crippen LogP contribution in [0.1, 0.15) is 18.1 Å². The second-order valence-electron chi connectivity index (χ2n) is 5.57. The molecule has 0 radical (unpaired) electrons. The Bertz CT molecular complexity index is 862. The van der Waals surface area contributed by atoms with Crippen molar-refractivity contribution in [3.05, 3.63) is 71.8 Å². The summed E-state index contributed by atoms with van der Waals surface area (Å²) in [6.45, 7) is 1.07. The standard InChI is InChI=1S/C17H20O6S2/c1-15(23-25(20,21)14-17-10-6-3-7-11-17)12-22-24(18,19)13-16-8-4-2-5-9-16/h2-11,15H,12-14H2,1H3/t15-/m0/s1. The number of rotatable bonds is 9. The van der Waals surface area contributed by atoms with Gasteiger partial charge in [0.25, 0.3) is 20.2 Å². The first-order valence-corrected chi connectivity index (χ1v) is 10.8. The Hall–Kier alpha value is -1.74. The third-order valence-electron chi connectivity index (χ3n) is 3.17. The van der Waals surface area contributed by atoms with Gasteiger partial charge in [0.05, 0.1) is 12.7 Å². The van der Waals surface area contributed by atoms with E-state index in [0.717, 1.165) is 0 Å². The summed E-state index contributed by atoms with van der Waals surface area (Å²) in [5, 5.41) is 0. The van der Waals surface area contributed by atoms with Crippen LogP contribution >= 0.6 is 0 Å². The Morgan fingerprint density at radius 1 is 0.760 bits per heavy atom. The molecule has 0 heterocycles. The maximum atomic E-state index is 12.0. The first-order valence-electron chi connectivity index (χ1n) is 7.62. The van der Waals surface area contributed by atoms with E-state index in [1.165, 1.54) is 6.92 Å². The maximum absolute atomic E-state index is 12.0. The van der Waals surface area contributed by atoms with Crippen LogP contribution in [0.4, 0.5) is 0 Å². The molecule has 0 fully saturated rings. The van der Waals surface area contributed by atoms with Crippen LogP contribution < -0.4 is 0 Å². The quantitative estimate of drug-likeness (QED) is 0.617. The zero-order valence-corrected chi connectivity index (χ0v) is 15.4. The van der Waals surface area contributed by atoms with Crippen molar-refractivity contribution in [3.8, 4) is 0 Å². The van der Waals surface area contributed by atoms with Crippen molar-refractivity contribution in [1.29, 1.82) is 0 Å². The Balaban J connectivity index is 1.86. The van der Waals surface area contributed by atoms with Gasteiger partial charge in [0.2, 0.25) is 0 Å². The van der Waals surface area contributed by atoms with E-state index in [9.17, 15) is 16.8 Å².